The Bertz CT molecular complexity index is 998. The summed E-state index contributed by atoms with van der Waals surface area (Å²) in [5.74, 6) is 0.438. The Morgan fingerprint density at radius 1 is 1.10 bits per heavy atom. The van der Waals surface area contributed by atoms with Crippen molar-refractivity contribution in [1.82, 2.24) is 20.2 Å². The maximum atomic E-state index is 12.4. The smallest absolute Gasteiger partial charge is 0.337 e. The molecule has 0 aliphatic heterocycles. The molecule has 29 heavy (non-hydrogen) atoms. The van der Waals surface area contributed by atoms with E-state index < -0.39 is 5.97 Å². The molecule has 0 atom stereocenters. The zero-order valence-electron chi connectivity index (χ0n) is 16.3. The van der Waals surface area contributed by atoms with Gasteiger partial charge in [0.15, 0.2) is 5.82 Å². The number of tetrazole rings is 1. The Morgan fingerprint density at radius 2 is 1.86 bits per heavy atom. The molecular weight excluding hydrogens is 374 g/mol. The number of ether oxygens (including phenoxy) is 2. The van der Waals surface area contributed by atoms with Crippen LogP contribution >= 0.6 is 0 Å². The quantitative estimate of drug-likeness (QED) is 0.613. The zero-order valence-corrected chi connectivity index (χ0v) is 16.3. The maximum absolute atomic E-state index is 12.4. The lowest BCUT2D eigenvalue weighted by molar-refractivity contribution is 0.0600. The normalized spacial score (nSPS) is 10.6. The van der Waals surface area contributed by atoms with Gasteiger partial charge in [-0.25, -0.2) is 9.48 Å². The van der Waals surface area contributed by atoms with E-state index >= 15 is 0 Å². The van der Waals surface area contributed by atoms with Crippen LogP contribution in [0, 0.1) is 0 Å². The second-order valence-corrected chi connectivity index (χ2v) is 6.47. The summed E-state index contributed by atoms with van der Waals surface area (Å²) in [6, 6.07) is 13.4. The molecule has 3 aromatic rings. The first-order valence-electron chi connectivity index (χ1n) is 8.97. The number of benzene rings is 2. The van der Waals surface area contributed by atoms with Gasteiger partial charge in [-0.2, -0.15) is 0 Å². The van der Waals surface area contributed by atoms with Crippen molar-refractivity contribution < 1.29 is 19.1 Å². The first-order chi connectivity index (χ1) is 14.0. The van der Waals surface area contributed by atoms with Gasteiger partial charge in [0.25, 0.3) is 5.91 Å². The molecule has 1 amide bonds. The van der Waals surface area contributed by atoms with Gasteiger partial charge in [0.05, 0.1) is 18.7 Å². The Balaban J connectivity index is 1.61. The molecule has 1 N–H and O–H groups in total. The van der Waals surface area contributed by atoms with Crippen LogP contribution in [0.4, 0.5) is 5.69 Å². The van der Waals surface area contributed by atoms with Crippen LogP contribution < -0.4 is 10.1 Å². The van der Waals surface area contributed by atoms with Gasteiger partial charge in [0.1, 0.15) is 12.4 Å². The summed E-state index contributed by atoms with van der Waals surface area (Å²) in [7, 11) is 1.31. The topological polar surface area (TPSA) is 108 Å². The van der Waals surface area contributed by atoms with Crippen molar-refractivity contribution in [2.24, 2.45) is 0 Å². The minimum absolute atomic E-state index is 0.132. The summed E-state index contributed by atoms with van der Waals surface area (Å²) < 4.78 is 12.1. The van der Waals surface area contributed by atoms with E-state index in [0.29, 0.717) is 28.4 Å². The summed E-state index contributed by atoms with van der Waals surface area (Å²) in [4.78, 5) is 24.0. The number of methoxy groups -OCH3 is 1. The Morgan fingerprint density at radius 3 is 2.55 bits per heavy atom. The van der Waals surface area contributed by atoms with Crippen LogP contribution in [0.2, 0.25) is 0 Å². The van der Waals surface area contributed by atoms with Crippen molar-refractivity contribution in [3.8, 4) is 5.75 Å². The molecule has 9 heteroatoms. The van der Waals surface area contributed by atoms with E-state index in [9.17, 15) is 9.59 Å². The van der Waals surface area contributed by atoms with E-state index in [1.54, 1.807) is 53.2 Å². The van der Waals surface area contributed by atoms with Crippen molar-refractivity contribution in [1.29, 1.82) is 0 Å². The van der Waals surface area contributed by atoms with Crippen LogP contribution in [0.25, 0.3) is 0 Å². The highest BCUT2D eigenvalue weighted by molar-refractivity contribution is 6.04. The van der Waals surface area contributed by atoms with Gasteiger partial charge in [0, 0.05) is 11.3 Å². The molecule has 0 aliphatic carbocycles. The van der Waals surface area contributed by atoms with Gasteiger partial charge >= 0.3 is 5.97 Å². The third-order valence-corrected chi connectivity index (χ3v) is 4.08. The third-order valence-electron chi connectivity index (χ3n) is 4.08. The van der Waals surface area contributed by atoms with Gasteiger partial charge in [-0.05, 0) is 66.7 Å². The fourth-order valence-electron chi connectivity index (χ4n) is 2.60. The molecule has 0 fully saturated rings. The van der Waals surface area contributed by atoms with Crippen molar-refractivity contribution in [3.63, 3.8) is 0 Å². The minimum atomic E-state index is -0.467. The van der Waals surface area contributed by atoms with Crippen LogP contribution in [0.3, 0.4) is 0 Å². The van der Waals surface area contributed by atoms with Crippen LogP contribution in [0.5, 0.6) is 5.75 Å². The van der Waals surface area contributed by atoms with Gasteiger partial charge in [-0.3, -0.25) is 4.79 Å². The fourth-order valence-corrected chi connectivity index (χ4v) is 2.60. The molecule has 0 bridgehead atoms. The first-order valence-corrected chi connectivity index (χ1v) is 8.97. The summed E-state index contributed by atoms with van der Waals surface area (Å²) in [5, 5.41) is 14.3. The summed E-state index contributed by atoms with van der Waals surface area (Å²) >= 11 is 0. The van der Waals surface area contributed by atoms with Crippen LogP contribution in [-0.4, -0.2) is 39.2 Å². The van der Waals surface area contributed by atoms with Crippen LogP contribution in [0.15, 0.2) is 48.5 Å². The number of hydrogen-bond donors (Lipinski definition) is 1. The molecule has 3 rings (SSSR count). The highest BCUT2D eigenvalue weighted by atomic mass is 16.5. The Hall–Kier alpha value is -3.75. The Labute approximate surface area is 167 Å². The summed E-state index contributed by atoms with van der Waals surface area (Å²) in [5.41, 5.74) is 1.31. The first kappa shape index (κ1) is 20.0. The van der Waals surface area contributed by atoms with E-state index in [4.69, 9.17) is 4.74 Å². The predicted octanol–water partition coefficient (Wildman–Crippen LogP) is 2.87. The molecule has 0 saturated carbocycles. The third kappa shape index (κ3) is 4.95. The van der Waals surface area contributed by atoms with Crippen molar-refractivity contribution >= 4 is 17.6 Å². The van der Waals surface area contributed by atoms with Gasteiger partial charge < -0.3 is 14.8 Å². The number of anilines is 1. The fraction of sp³-hybridized carbons (Fsp3) is 0.250. The molecule has 0 unspecified atom stereocenters. The van der Waals surface area contributed by atoms with E-state index in [-0.39, 0.29) is 18.6 Å². The summed E-state index contributed by atoms with van der Waals surface area (Å²) in [6.07, 6.45) is 0. The lowest BCUT2D eigenvalue weighted by Crippen LogP contribution is -2.13. The minimum Gasteiger partial charge on any atom is -0.486 e. The molecule has 150 valence electrons. The van der Waals surface area contributed by atoms with Crippen LogP contribution in [0.1, 0.15) is 46.4 Å². The van der Waals surface area contributed by atoms with E-state index in [1.165, 1.54) is 7.11 Å². The average Bonchev–Trinajstić information content (AvgIpc) is 3.21. The molecular formula is C20H21N5O4. The van der Waals surface area contributed by atoms with Crippen LogP contribution in [-0.2, 0) is 11.3 Å². The molecule has 0 radical (unpaired) electrons. The second kappa shape index (κ2) is 8.96. The molecule has 0 spiro atoms. The van der Waals surface area contributed by atoms with E-state index in [0.717, 1.165) is 0 Å². The average molecular weight is 395 g/mol. The number of amides is 1. The number of nitrogens with one attached hydrogen (secondary N) is 1. The maximum Gasteiger partial charge on any atom is 0.337 e. The lowest BCUT2D eigenvalue weighted by Gasteiger charge is -2.10. The molecule has 0 saturated heterocycles. The highest BCUT2D eigenvalue weighted by Crippen LogP contribution is 2.17. The lowest BCUT2D eigenvalue weighted by atomic mass is 10.1. The largest absolute Gasteiger partial charge is 0.486 e. The second-order valence-electron chi connectivity index (χ2n) is 6.47. The number of rotatable bonds is 7. The number of nitrogens with zero attached hydrogens (tertiary/aromatic N) is 4. The standard InChI is InChI=1S/C20H21N5O4/c1-13(2)25-18(22-23-24-25)12-29-17-9-7-14(8-10-17)19(26)21-16-6-4-5-15(11-16)20(27)28-3/h4-11,13H,12H2,1-3H3,(H,21,26). The number of carbonyl (C=O) groups excluding carboxylic acids is 2. The van der Waals surface area contributed by atoms with Crippen molar-refractivity contribution in [2.45, 2.75) is 26.5 Å². The Kier molecular flexibility index (Phi) is 6.18. The predicted molar refractivity (Wildman–Crippen MR) is 105 cm³/mol. The van der Waals surface area contributed by atoms with Gasteiger partial charge in [0.2, 0.25) is 0 Å². The summed E-state index contributed by atoms with van der Waals surface area (Å²) in [6.45, 7) is 4.18. The van der Waals surface area contributed by atoms with Gasteiger partial charge in [-0.1, -0.05) is 6.07 Å². The number of carbonyl (C=O) groups is 2. The van der Waals surface area contributed by atoms with E-state index in [1.807, 2.05) is 13.8 Å². The van der Waals surface area contributed by atoms with E-state index in [2.05, 4.69) is 25.6 Å². The SMILES string of the molecule is COC(=O)c1cccc(NC(=O)c2ccc(OCc3nnnn3C(C)C)cc2)c1. The van der Waals surface area contributed by atoms with Gasteiger partial charge in [-0.15, -0.1) is 5.10 Å². The number of aromatic nitrogens is 4. The van der Waals surface area contributed by atoms with Crippen molar-refractivity contribution in [3.05, 3.63) is 65.5 Å². The molecule has 1 aromatic heterocycles. The molecule has 2 aromatic carbocycles. The van der Waals surface area contributed by atoms with Crippen molar-refractivity contribution in [2.75, 3.05) is 12.4 Å². The molecule has 9 nitrogen and oxygen atoms in total. The molecule has 1 heterocycles. The number of hydrogen-bond acceptors (Lipinski definition) is 7. The highest BCUT2D eigenvalue weighted by Gasteiger charge is 2.11. The molecule has 0 aliphatic rings. The number of esters is 1. The zero-order chi connectivity index (χ0) is 20.8. The monoisotopic (exact) mass is 395 g/mol.